The molecule has 0 aliphatic rings. The van der Waals surface area contributed by atoms with E-state index >= 15 is 0 Å². The lowest BCUT2D eigenvalue weighted by Crippen LogP contribution is -2.17. The number of hydrogen-bond donors (Lipinski definition) is 1. The van der Waals surface area contributed by atoms with Crippen molar-refractivity contribution in [1.29, 1.82) is 0 Å². The Morgan fingerprint density at radius 2 is 2.05 bits per heavy atom. The number of nitrogens with two attached hydrogens (primary N) is 1. The first-order chi connectivity index (χ1) is 9.90. The van der Waals surface area contributed by atoms with Crippen LogP contribution in [-0.4, -0.2) is 22.1 Å². The summed E-state index contributed by atoms with van der Waals surface area (Å²) in [4.78, 5) is 12.3. The van der Waals surface area contributed by atoms with Crippen LogP contribution in [0.4, 0.5) is 0 Å². The Bertz CT molecular complexity index is 468. The Morgan fingerprint density at radius 1 is 1.38 bits per heavy atom. The van der Waals surface area contributed by atoms with Crippen LogP contribution in [0.25, 0.3) is 0 Å². The Morgan fingerprint density at radius 3 is 2.57 bits per heavy atom. The van der Waals surface area contributed by atoms with Crippen molar-refractivity contribution in [2.75, 3.05) is 6.54 Å². The fourth-order valence-corrected chi connectivity index (χ4v) is 3.11. The lowest BCUT2D eigenvalue weighted by atomic mass is 9.87. The number of ketones is 1. The van der Waals surface area contributed by atoms with Crippen LogP contribution in [0.5, 0.6) is 0 Å². The average Bonchev–Trinajstić information content (AvgIpc) is 2.70. The zero-order valence-corrected chi connectivity index (χ0v) is 15.2. The van der Waals surface area contributed by atoms with Gasteiger partial charge >= 0.3 is 0 Å². The van der Waals surface area contributed by atoms with Crippen LogP contribution in [0.15, 0.2) is 4.47 Å². The molecule has 0 spiro atoms. The van der Waals surface area contributed by atoms with Gasteiger partial charge in [0.25, 0.3) is 0 Å². The van der Waals surface area contributed by atoms with Gasteiger partial charge in [0.1, 0.15) is 5.78 Å². The van der Waals surface area contributed by atoms with Gasteiger partial charge in [-0.25, -0.2) is 0 Å². The smallest absolute Gasteiger partial charge is 0.138 e. The number of nitrogens with zero attached hydrogens (tertiary/aromatic N) is 2. The molecule has 0 saturated heterocycles. The zero-order chi connectivity index (χ0) is 16.0. The third-order valence-electron chi connectivity index (χ3n) is 4.09. The number of rotatable bonds is 9. The maximum atomic E-state index is 12.3. The Kier molecular flexibility index (Phi) is 7.60. The molecule has 0 aromatic carbocycles. The van der Waals surface area contributed by atoms with Crippen LogP contribution in [0.3, 0.4) is 0 Å². The minimum Gasteiger partial charge on any atom is -0.330 e. The molecule has 0 amide bonds. The number of aromatic nitrogens is 2. The van der Waals surface area contributed by atoms with Crippen LogP contribution in [0, 0.1) is 18.8 Å². The molecule has 0 fully saturated rings. The molecule has 1 unspecified atom stereocenters. The maximum absolute atomic E-state index is 12.3. The molecule has 2 N–H and O–H groups in total. The van der Waals surface area contributed by atoms with Gasteiger partial charge in [0, 0.05) is 19.4 Å². The average molecular weight is 358 g/mol. The quantitative estimate of drug-likeness (QED) is 0.735. The molecule has 5 heteroatoms. The molecule has 1 aromatic heterocycles. The summed E-state index contributed by atoms with van der Waals surface area (Å²) in [5.74, 6) is 1.41. The molecule has 21 heavy (non-hydrogen) atoms. The van der Waals surface area contributed by atoms with Gasteiger partial charge in [-0.2, -0.15) is 5.10 Å². The van der Waals surface area contributed by atoms with Crippen LogP contribution >= 0.6 is 15.9 Å². The third kappa shape index (κ3) is 5.22. The van der Waals surface area contributed by atoms with Crippen molar-refractivity contribution >= 4 is 21.7 Å². The molecule has 1 rings (SSSR count). The second-order valence-electron chi connectivity index (χ2n) is 6.00. The van der Waals surface area contributed by atoms with Crippen molar-refractivity contribution in [3.8, 4) is 0 Å². The summed E-state index contributed by atoms with van der Waals surface area (Å²) in [5, 5.41) is 4.44. The van der Waals surface area contributed by atoms with Gasteiger partial charge in [-0.05, 0) is 61.0 Å². The number of aryl methyl sites for hydroxylation is 2. The number of halogens is 1. The van der Waals surface area contributed by atoms with Crippen LogP contribution < -0.4 is 5.73 Å². The predicted molar refractivity (Wildman–Crippen MR) is 90.3 cm³/mol. The molecule has 0 aliphatic heterocycles. The highest BCUT2D eigenvalue weighted by Gasteiger charge is 2.18. The predicted octanol–water partition coefficient (Wildman–Crippen LogP) is 3.49. The number of hydrogen-bond acceptors (Lipinski definition) is 3. The first-order valence-electron chi connectivity index (χ1n) is 7.84. The van der Waals surface area contributed by atoms with E-state index in [9.17, 15) is 4.79 Å². The number of carbonyl (C=O) groups excluding carboxylic acids is 1. The van der Waals surface area contributed by atoms with Crippen LogP contribution in [-0.2, 0) is 17.8 Å². The largest absolute Gasteiger partial charge is 0.330 e. The Labute approximate surface area is 136 Å². The van der Waals surface area contributed by atoms with E-state index in [1.165, 1.54) is 0 Å². The monoisotopic (exact) mass is 357 g/mol. The van der Waals surface area contributed by atoms with Gasteiger partial charge < -0.3 is 5.73 Å². The van der Waals surface area contributed by atoms with Gasteiger partial charge in [-0.15, -0.1) is 0 Å². The van der Waals surface area contributed by atoms with Crippen molar-refractivity contribution in [3.63, 3.8) is 0 Å². The Hall–Kier alpha value is -0.680. The summed E-state index contributed by atoms with van der Waals surface area (Å²) in [6.07, 6.45) is 3.02. The second kappa shape index (κ2) is 8.69. The van der Waals surface area contributed by atoms with Gasteiger partial charge in [0.15, 0.2) is 0 Å². The first-order valence-corrected chi connectivity index (χ1v) is 8.63. The standard InChI is InChI=1S/C16H28BrN3O/c1-5-20-15(16(17)12(4)19-20)10-14(21)7-6-13(8-9-18)11(2)3/h11,13H,5-10,18H2,1-4H3. The van der Waals surface area contributed by atoms with Crippen molar-refractivity contribution in [1.82, 2.24) is 9.78 Å². The van der Waals surface area contributed by atoms with Gasteiger partial charge in [0.2, 0.25) is 0 Å². The van der Waals surface area contributed by atoms with Crippen molar-refractivity contribution in [2.45, 2.75) is 59.9 Å². The van der Waals surface area contributed by atoms with E-state index in [4.69, 9.17) is 5.73 Å². The molecule has 1 heterocycles. The molecule has 0 aliphatic carbocycles. The first kappa shape index (κ1) is 18.4. The van der Waals surface area contributed by atoms with Gasteiger partial charge in [-0.3, -0.25) is 9.48 Å². The second-order valence-corrected chi connectivity index (χ2v) is 6.79. The van der Waals surface area contributed by atoms with E-state index in [-0.39, 0.29) is 5.78 Å². The molecule has 1 atom stereocenters. The zero-order valence-electron chi connectivity index (χ0n) is 13.7. The van der Waals surface area contributed by atoms with E-state index in [1.54, 1.807) is 0 Å². The molecule has 0 bridgehead atoms. The molecular formula is C16H28BrN3O. The summed E-state index contributed by atoms with van der Waals surface area (Å²) in [6.45, 7) is 9.90. The summed E-state index contributed by atoms with van der Waals surface area (Å²) in [5.41, 5.74) is 7.60. The Balaban J connectivity index is 2.62. The number of carbonyl (C=O) groups is 1. The normalized spacial score (nSPS) is 12.9. The molecular weight excluding hydrogens is 330 g/mol. The van der Waals surface area contributed by atoms with Crippen LogP contribution in [0.1, 0.15) is 51.4 Å². The van der Waals surface area contributed by atoms with Gasteiger partial charge in [0.05, 0.1) is 15.9 Å². The van der Waals surface area contributed by atoms with Crippen LogP contribution in [0.2, 0.25) is 0 Å². The van der Waals surface area contributed by atoms with Crippen molar-refractivity contribution in [2.24, 2.45) is 17.6 Å². The van der Waals surface area contributed by atoms with E-state index < -0.39 is 0 Å². The minimum absolute atomic E-state index is 0.285. The molecule has 120 valence electrons. The maximum Gasteiger partial charge on any atom is 0.138 e. The lowest BCUT2D eigenvalue weighted by Gasteiger charge is -2.19. The summed E-state index contributed by atoms with van der Waals surface area (Å²) >= 11 is 3.55. The summed E-state index contributed by atoms with van der Waals surface area (Å²) < 4.78 is 2.89. The highest BCUT2D eigenvalue weighted by atomic mass is 79.9. The molecule has 0 radical (unpaired) electrons. The fraction of sp³-hybridized carbons (Fsp3) is 0.750. The van der Waals surface area contributed by atoms with Crippen molar-refractivity contribution < 1.29 is 4.79 Å². The highest BCUT2D eigenvalue weighted by Crippen LogP contribution is 2.24. The lowest BCUT2D eigenvalue weighted by molar-refractivity contribution is -0.118. The summed E-state index contributed by atoms with van der Waals surface area (Å²) in [6, 6.07) is 0. The number of Topliss-reactive ketones (excluding diaryl/α,β-unsaturated/α-hetero) is 1. The topological polar surface area (TPSA) is 60.9 Å². The van der Waals surface area contributed by atoms with E-state index in [0.717, 1.165) is 35.2 Å². The summed E-state index contributed by atoms with van der Waals surface area (Å²) in [7, 11) is 0. The van der Waals surface area contributed by atoms with Gasteiger partial charge in [-0.1, -0.05) is 13.8 Å². The minimum atomic E-state index is 0.285. The fourth-order valence-electron chi connectivity index (χ4n) is 2.68. The molecule has 1 aromatic rings. The van der Waals surface area contributed by atoms with E-state index in [1.807, 2.05) is 18.5 Å². The SMILES string of the molecule is CCn1nc(C)c(Br)c1CC(=O)CCC(CCN)C(C)C. The van der Waals surface area contributed by atoms with Crippen molar-refractivity contribution in [3.05, 3.63) is 15.9 Å². The van der Waals surface area contributed by atoms with E-state index in [0.29, 0.717) is 31.2 Å². The third-order valence-corrected chi connectivity index (χ3v) is 5.12. The van der Waals surface area contributed by atoms with E-state index in [2.05, 4.69) is 34.9 Å². The molecule has 0 saturated carbocycles. The molecule has 4 nitrogen and oxygen atoms in total. The highest BCUT2D eigenvalue weighted by molar-refractivity contribution is 9.10.